The summed E-state index contributed by atoms with van der Waals surface area (Å²) >= 11 is 0. The molecule has 0 spiro atoms. The second-order valence-electron chi connectivity index (χ2n) is 2.86. The second-order valence-corrected chi connectivity index (χ2v) is 2.86. The van der Waals surface area contributed by atoms with Crippen LogP contribution in [0.15, 0.2) is 42.0 Å². The zero-order valence-electron chi connectivity index (χ0n) is 8.24. The zero-order chi connectivity index (χ0) is 10.5. The van der Waals surface area contributed by atoms with Gasteiger partial charge in [-0.1, -0.05) is 12.1 Å². The number of ether oxygens (including phenoxy) is 1. The van der Waals surface area contributed by atoms with E-state index in [1.54, 1.807) is 13.3 Å². The molecule has 2 rings (SSSR count). The maximum Gasteiger partial charge on any atom is 0.141 e. The molecule has 15 heavy (non-hydrogen) atoms. The topological polar surface area (TPSA) is 52.3 Å². The largest absolute Gasteiger partial charge is 0.497 e. The van der Waals surface area contributed by atoms with Crippen LogP contribution in [0.5, 0.6) is 5.75 Å². The van der Waals surface area contributed by atoms with E-state index in [9.17, 15) is 0 Å². The highest BCUT2D eigenvalue weighted by molar-refractivity contribution is 5.80. The molecule has 1 aromatic carbocycles. The Balaban J connectivity index is 2.17. The highest BCUT2D eigenvalue weighted by Gasteiger charge is 1.92. The van der Waals surface area contributed by atoms with Crippen LogP contribution in [0, 0.1) is 0 Å². The minimum absolute atomic E-state index is 0.808. The Kier molecular flexibility index (Phi) is 2.73. The van der Waals surface area contributed by atoms with Gasteiger partial charge in [0.1, 0.15) is 18.4 Å². The summed E-state index contributed by atoms with van der Waals surface area (Å²) in [5.41, 5.74) is 0.961. The minimum atomic E-state index is 0.808. The summed E-state index contributed by atoms with van der Waals surface area (Å²) in [6.07, 6.45) is 4.76. The molecule has 0 aliphatic carbocycles. The summed E-state index contributed by atoms with van der Waals surface area (Å²) in [5.74, 6) is 0.808. The first kappa shape index (κ1) is 9.39. The van der Waals surface area contributed by atoms with Crippen LogP contribution in [0.2, 0.25) is 0 Å². The van der Waals surface area contributed by atoms with Crippen LogP contribution in [0.25, 0.3) is 0 Å². The van der Waals surface area contributed by atoms with Crippen molar-refractivity contribution in [3.05, 3.63) is 42.5 Å². The summed E-state index contributed by atoms with van der Waals surface area (Å²) < 4.78 is 6.63. The van der Waals surface area contributed by atoms with Gasteiger partial charge < -0.3 is 4.74 Å². The van der Waals surface area contributed by atoms with Crippen molar-refractivity contribution in [2.75, 3.05) is 7.11 Å². The van der Waals surface area contributed by atoms with Gasteiger partial charge in [0.15, 0.2) is 0 Å². The van der Waals surface area contributed by atoms with Crippen LogP contribution in [-0.4, -0.2) is 28.2 Å². The Bertz CT molecular complexity index is 450. The molecule has 0 atom stereocenters. The normalized spacial score (nSPS) is 10.7. The molecule has 0 saturated heterocycles. The van der Waals surface area contributed by atoms with Gasteiger partial charge in [-0.25, -0.2) is 4.68 Å². The molecule has 5 nitrogen and oxygen atoms in total. The predicted molar refractivity (Wildman–Crippen MR) is 56.0 cm³/mol. The van der Waals surface area contributed by atoms with Crippen molar-refractivity contribution < 1.29 is 4.74 Å². The molecule has 0 saturated carbocycles. The van der Waals surface area contributed by atoms with Crippen molar-refractivity contribution in [1.82, 2.24) is 14.9 Å². The van der Waals surface area contributed by atoms with Crippen molar-refractivity contribution >= 4 is 6.21 Å². The SMILES string of the molecule is COc1cccc(/C=N/n2cnnc2)c1. The minimum Gasteiger partial charge on any atom is -0.497 e. The van der Waals surface area contributed by atoms with Crippen LogP contribution < -0.4 is 4.74 Å². The lowest BCUT2D eigenvalue weighted by Crippen LogP contribution is -1.88. The third-order valence-electron chi connectivity index (χ3n) is 1.84. The Morgan fingerprint density at radius 2 is 2.13 bits per heavy atom. The monoisotopic (exact) mass is 202 g/mol. The molecule has 1 heterocycles. The molecule has 0 bridgehead atoms. The van der Waals surface area contributed by atoms with Crippen LogP contribution in [-0.2, 0) is 0 Å². The fraction of sp³-hybridized carbons (Fsp3) is 0.100. The lowest BCUT2D eigenvalue weighted by molar-refractivity contribution is 0.415. The molecule has 0 radical (unpaired) electrons. The maximum atomic E-state index is 5.10. The standard InChI is InChI=1S/C10H10N4O/c1-15-10-4-2-3-9(5-10)6-13-14-7-11-12-8-14/h2-8H,1H3/b13-6+. The van der Waals surface area contributed by atoms with Crippen molar-refractivity contribution in [3.8, 4) is 5.75 Å². The Hall–Kier alpha value is -2.17. The average Bonchev–Trinajstić information content (AvgIpc) is 2.79. The first-order valence-corrected chi connectivity index (χ1v) is 4.41. The Morgan fingerprint density at radius 3 is 2.87 bits per heavy atom. The molecule has 5 heteroatoms. The van der Waals surface area contributed by atoms with Gasteiger partial charge in [0.05, 0.1) is 13.3 Å². The van der Waals surface area contributed by atoms with Crippen molar-refractivity contribution in [2.45, 2.75) is 0 Å². The lowest BCUT2D eigenvalue weighted by atomic mass is 10.2. The molecule has 0 unspecified atom stereocenters. The fourth-order valence-electron chi connectivity index (χ4n) is 1.11. The van der Waals surface area contributed by atoms with E-state index in [0.29, 0.717) is 0 Å². The van der Waals surface area contributed by atoms with Crippen LogP contribution in [0.1, 0.15) is 5.56 Å². The number of methoxy groups -OCH3 is 1. The van der Waals surface area contributed by atoms with Gasteiger partial charge in [0, 0.05) is 0 Å². The Labute approximate surface area is 87.0 Å². The number of nitrogens with zero attached hydrogens (tertiary/aromatic N) is 4. The van der Waals surface area contributed by atoms with Crippen molar-refractivity contribution in [2.24, 2.45) is 5.10 Å². The van der Waals surface area contributed by atoms with Crippen molar-refractivity contribution in [1.29, 1.82) is 0 Å². The van der Waals surface area contributed by atoms with Crippen LogP contribution in [0.3, 0.4) is 0 Å². The molecule has 2 aromatic rings. The predicted octanol–water partition coefficient (Wildman–Crippen LogP) is 1.17. The van der Waals surface area contributed by atoms with E-state index in [-0.39, 0.29) is 0 Å². The van der Waals surface area contributed by atoms with Gasteiger partial charge >= 0.3 is 0 Å². The third-order valence-corrected chi connectivity index (χ3v) is 1.84. The number of benzene rings is 1. The zero-order valence-corrected chi connectivity index (χ0v) is 8.24. The molecular formula is C10H10N4O. The van der Waals surface area contributed by atoms with Gasteiger partial charge in [0.2, 0.25) is 0 Å². The smallest absolute Gasteiger partial charge is 0.141 e. The lowest BCUT2D eigenvalue weighted by Gasteiger charge is -1.99. The Morgan fingerprint density at radius 1 is 1.33 bits per heavy atom. The first-order chi connectivity index (χ1) is 7.38. The van der Waals surface area contributed by atoms with E-state index in [2.05, 4.69) is 15.3 Å². The van der Waals surface area contributed by atoms with Gasteiger partial charge in [-0.15, -0.1) is 10.2 Å². The second kappa shape index (κ2) is 4.36. The van der Waals surface area contributed by atoms with Crippen LogP contribution >= 0.6 is 0 Å². The quantitative estimate of drug-likeness (QED) is 0.702. The molecule has 0 aliphatic heterocycles. The van der Waals surface area contributed by atoms with E-state index >= 15 is 0 Å². The highest BCUT2D eigenvalue weighted by atomic mass is 16.5. The summed E-state index contributed by atoms with van der Waals surface area (Å²) in [4.78, 5) is 0. The first-order valence-electron chi connectivity index (χ1n) is 4.41. The summed E-state index contributed by atoms with van der Waals surface area (Å²) in [6.45, 7) is 0. The number of hydrogen-bond donors (Lipinski definition) is 0. The maximum absolute atomic E-state index is 5.10. The summed E-state index contributed by atoms with van der Waals surface area (Å²) in [7, 11) is 1.63. The van der Waals surface area contributed by atoms with E-state index in [4.69, 9.17) is 4.74 Å². The molecule has 0 aliphatic rings. The number of hydrogen-bond acceptors (Lipinski definition) is 4. The molecule has 0 amide bonds. The highest BCUT2D eigenvalue weighted by Crippen LogP contribution is 2.10. The van der Waals surface area contributed by atoms with Crippen molar-refractivity contribution in [3.63, 3.8) is 0 Å². The number of aromatic nitrogens is 3. The van der Waals surface area contributed by atoms with E-state index in [1.165, 1.54) is 17.3 Å². The molecule has 0 N–H and O–H groups in total. The molecule has 0 fully saturated rings. The van der Waals surface area contributed by atoms with Crippen LogP contribution in [0.4, 0.5) is 0 Å². The third kappa shape index (κ3) is 2.40. The number of rotatable bonds is 3. The average molecular weight is 202 g/mol. The molecular weight excluding hydrogens is 192 g/mol. The van der Waals surface area contributed by atoms with E-state index in [1.807, 2.05) is 24.3 Å². The van der Waals surface area contributed by atoms with Gasteiger partial charge in [-0.2, -0.15) is 5.10 Å². The summed E-state index contributed by atoms with van der Waals surface area (Å²) in [6, 6.07) is 7.63. The van der Waals surface area contributed by atoms with Gasteiger partial charge in [-0.3, -0.25) is 0 Å². The van der Waals surface area contributed by atoms with Gasteiger partial charge in [-0.05, 0) is 17.7 Å². The fourth-order valence-corrected chi connectivity index (χ4v) is 1.11. The summed E-state index contributed by atoms with van der Waals surface area (Å²) in [5, 5.41) is 11.4. The van der Waals surface area contributed by atoms with E-state index in [0.717, 1.165) is 11.3 Å². The van der Waals surface area contributed by atoms with E-state index < -0.39 is 0 Å². The molecule has 76 valence electrons. The van der Waals surface area contributed by atoms with Gasteiger partial charge in [0.25, 0.3) is 0 Å². The molecule has 1 aromatic heterocycles.